The molecule has 94 valence electrons. The Labute approximate surface area is 96.7 Å². The van der Waals surface area contributed by atoms with Crippen LogP contribution in [0, 0.1) is 5.92 Å². The molecule has 0 aromatic carbocycles. The van der Waals surface area contributed by atoms with Gasteiger partial charge in [-0.3, -0.25) is 4.79 Å². The minimum atomic E-state index is -0.349. The van der Waals surface area contributed by atoms with E-state index < -0.39 is 0 Å². The fourth-order valence-corrected chi connectivity index (χ4v) is 1.00. The first-order chi connectivity index (χ1) is 7.47. The molecule has 0 aliphatic carbocycles. The van der Waals surface area contributed by atoms with E-state index >= 15 is 0 Å². The number of esters is 1. The molecule has 0 aliphatic rings. The van der Waals surface area contributed by atoms with Gasteiger partial charge in [-0.2, -0.15) is 0 Å². The molecule has 0 saturated carbocycles. The summed E-state index contributed by atoms with van der Waals surface area (Å²) in [5.74, 6) is 0.0661. The number of nitrogens with zero attached hydrogens (tertiary/aromatic N) is 1. The fraction of sp³-hybridized carbons (Fsp3) is 0.818. The molecule has 0 rings (SSSR count). The lowest BCUT2D eigenvalue weighted by molar-refractivity contribution is -0.140. The monoisotopic (exact) mass is 231 g/mol. The Morgan fingerprint density at radius 1 is 1.31 bits per heavy atom. The molecule has 0 aromatic rings. The van der Waals surface area contributed by atoms with Crippen LogP contribution in [0.15, 0.2) is 0 Å². The van der Waals surface area contributed by atoms with Gasteiger partial charge in [-0.05, 0) is 12.3 Å². The third kappa shape index (κ3) is 7.09. The quantitative estimate of drug-likeness (QED) is 0.652. The molecule has 0 saturated heterocycles. The van der Waals surface area contributed by atoms with Gasteiger partial charge >= 0.3 is 12.1 Å². The summed E-state index contributed by atoms with van der Waals surface area (Å²) in [6.45, 7) is 4.86. The third-order valence-corrected chi connectivity index (χ3v) is 1.95. The van der Waals surface area contributed by atoms with Gasteiger partial charge in [0.05, 0.1) is 13.7 Å². The van der Waals surface area contributed by atoms with Crippen LogP contribution < -0.4 is 0 Å². The first-order valence-corrected chi connectivity index (χ1v) is 5.42. The van der Waals surface area contributed by atoms with Crippen molar-refractivity contribution < 1.29 is 19.1 Å². The van der Waals surface area contributed by atoms with Crippen molar-refractivity contribution in [2.24, 2.45) is 5.92 Å². The highest BCUT2D eigenvalue weighted by Gasteiger charge is 2.11. The van der Waals surface area contributed by atoms with E-state index in [0.29, 0.717) is 31.9 Å². The second-order valence-electron chi connectivity index (χ2n) is 4.07. The summed E-state index contributed by atoms with van der Waals surface area (Å²) < 4.78 is 9.52. The van der Waals surface area contributed by atoms with Gasteiger partial charge in [-0.1, -0.05) is 13.8 Å². The Morgan fingerprint density at radius 3 is 2.44 bits per heavy atom. The van der Waals surface area contributed by atoms with Crippen molar-refractivity contribution in [3.05, 3.63) is 0 Å². The second-order valence-corrected chi connectivity index (χ2v) is 4.07. The van der Waals surface area contributed by atoms with E-state index in [9.17, 15) is 9.59 Å². The van der Waals surface area contributed by atoms with Gasteiger partial charge in [0.1, 0.15) is 0 Å². The molecule has 0 radical (unpaired) electrons. The van der Waals surface area contributed by atoms with Crippen LogP contribution in [0.25, 0.3) is 0 Å². The highest BCUT2D eigenvalue weighted by atomic mass is 16.6. The summed E-state index contributed by atoms with van der Waals surface area (Å²) in [5.41, 5.74) is 0. The summed E-state index contributed by atoms with van der Waals surface area (Å²) in [6, 6.07) is 0. The molecule has 0 bridgehead atoms. The Morgan fingerprint density at radius 2 is 1.94 bits per heavy atom. The maximum atomic E-state index is 11.4. The molecule has 0 atom stereocenters. The Bertz CT molecular complexity index is 228. The smallest absolute Gasteiger partial charge is 0.409 e. The molecule has 0 unspecified atom stereocenters. The molecule has 0 aliphatic heterocycles. The average Bonchev–Trinajstić information content (AvgIpc) is 2.25. The molecule has 0 fully saturated rings. The molecule has 5 heteroatoms. The van der Waals surface area contributed by atoms with Crippen LogP contribution in [0.1, 0.15) is 26.7 Å². The van der Waals surface area contributed by atoms with E-state index in [-0.39, 0.29) is 12.1 Å². The maximum absolute atomic E-state index is 11.4. The lowest BCUT2D eigenvalue weighted by Gasteiger charge is -2.17. The van der Waals surface area contributed by atoms with Crippen molar-refractivity contribution in [2.45, 2.75) is 26.7 Å². The first kappa shape index (κ1) is 14.7. The lowest BCUT2D eigenvalue weighted by atomic mass is 10.2. The minimum Gasteiger partial charge on any atom is -0.469 e. The zero-order chi connectivity index (χ0) is 12.6. The van der Waals surface area contributed by atoms with Crippen LogP contribution in [0.5, 0.6) is 0 Å². The molecule has 0 spiro atoms. The Kier molecular flexibility index (Phi) is 7.33. The standard InChI is InChI=1S/C11H21NO4/c1-9(2)8-16-11(14)12(3)7-5-6-10(13)15-4/h9H,5-8H2,1-4H3. The second kappa shape index (κ2) is 7.96. The number of carbonyl (C=O) groups is 2. The predicted molar refractivity (Wildman–Crippen MR) is 60.1 cm³/mol. The van der Waals surface area contributed by atoms with E-state index in [4.69, 9.17) is 4.74 Å². The van der Waals surface area contributed by atoms with Gasteiger partial charge in [0, 0.05) is 20.0 Å². The van der Waals surface area contributed by atoms with Crippen LogP contribution in [0.4, 0.5) is 4.79 Å². The summed E-state index contributed by atoms with van der Waals surface area (Å²) in [4.78, 5) is 23.7. The Hall–Kier alpha value is -1.26. The van der Waals surface area contributed by atoms with Gasteiger partial charge in [-0.15, -0.1) is 0 Å². The number of ether oxygens (including phenoxy) is 2. The van der Waals surface area contributed by atoms with Crippen molar-refractivity contribution in [3.63, 3.8) is 0 Å². The lowest BCUT2D eigenvalue weighted by Crippen LogP contribution is -2.29. The molecule has 5 nitrogen and oxygen atoms in total. The summed E-state index contributed by atoms with van der Waals surface area (Å²) >= 11 is 0. The van der Waals surface area contributed by atoms with Crippen molar-refractivity contribution in [1.82, 2.24) is 4.90 Å². The highest BCUT2D eigenvalue weighted by Crippen LogP contribution is 1.99. The number of methoxy groups -OCH3 is 1. The van der Waals surface area contributed by atoms with Gasteiger partial charge < -0.3 is 14.4 Å². The largest absolute Gasteiger partial charge is 0.469 e. The molecule has 0 N–H and O–H groups in total. The van der Waals surface area contributed by atoms with Crippen molar-refractivity contribution in [3.8, 4) is 0 Å². The number of carbonyl (C=O) groups excluding carboxylic acids is 2. The summed E-state index contributed by atoms with van der Waals surface area (Å²) in [7, 11) is 3.00. The van der Waals surface area contributed by atoms with Crippen LogP contribution in [-0.4, -0.2) is 44.3 Å². The van der Waals surface area contributed by atoms with E-state index in [0.717, 1.165) is 0 Å². The molecular formula is C11H21NO4. The van der Waals surface area contributed by atoms with Crippen LogP contribution >= 0.6 is 0 Å². The zero-order valence-corrected chi connectivity index (χ0v) is 10.5. The predicted octanol–water partition coefficient (Wildman–Crippen LogP) is 1.66. The van der Waals surface area contributed by atoms with Crippen molar-refractivity contribution in [2.75, 3.05) is 27.3 Å². The van der Waals surface area contributed by atoms with E-state index in [1.54, 1.807) is 7.05 Å². The molecule has 0 heterocycles. The van der Waals surface area contributed by atoms with E-state index in [1.807, 2.05) is 13.8 Å². The van der Waals surface area contributed by atoms with Gasteiger partial charge in [-0.25, -0.2) is 4.79 Å². The average molecular weight is 231 g/mol. The number of hydrogen-bond acceptors (Lipinski definition) is 4. The van der Waals surface area contributed by atoms with Crippen molar-refractivity contribution >= 4 is 12.1 Å². The molecule has 16 heavy (non-hydrogen) atoms. The van der Waals surface area contributed by atoms with Gasteiger partial charge in [0.25, 0.3) is 0 Å². The van der Waals surface area contributed by atoms with E-state index in [1.165, 1.54) is 12.0 Å². The normalized spacial score (nSPS) is 10.1. The van der Waals surface area contributed by atoms with Gasteiger partial charge in [0.2, 0.25) is 0 Å². The first-order valence-electron chi connectivity index (χ1n) is 5.42. The summed E-state index contributed by atoms with van der Waals surface area (Å²) in [5, 5.41) is 0. The van der Waals surface area contributed by atoms with Crippen LogP contribution in [0.2, 0.25) is 0 Å². The molecule has 0 aromatic heterocycles. The SMILES string of the molecule is COC(=O)CCCN(C)C(=O)OCC(C)C. The van der Waals surface area contributed by atoms with Crippen LogP contribution in [-0.2, 0) is 14.3 Å². The molecular weight excluding hydrogens is 210 g/mol. The topological polar surface area (TPSA) is 55.8 Å². The van der Waals surface area contributed by atoms with Gasteiger partial charge in [0.15, 0.2) is 0 Å². The molecule has 1 amide bonds. The number of hydrogen-bond donors (Lipinski definition) is 0. The summed E-state index contributed by atoms with van der Waals surface area (Å²) in [6.07, 6.45) is 0.552. The highest BCUT2D eigenvalue weighted by molar-refractivity contribution is 5.69. The minimum absolute atomic E-state index is 0.260. The van der Waals surface area contributed by atoms with E-state index in [2.05, 4.69) is 4.74 Å². The zero-order valence-electron chi connectivity index (χ0n) is 10.5. The number of rotatable bonds is 6. The maximum Gasteiger partial charge on any atom is 0.409 e. The fourth-order valence-electron chi connectivity index (χ4n) is 1.00. The van der Waals surface area contributed by atoms with Crippen molar-refractivity contribution in [1.29, 1.82) is 0 Å². The van der Waals surface area contributed by atoms with Crippen LogP contribution in [0.3, 0.4) is 0 Å². The third-order valence-electron chi connectivity index (χ3n) is 1.95. The number of amides is 1. The Balaban J connectivity index is 3.67.